The van der Waals surface area contributed by atoms with Crippen LogP contribution in [0.15, 0.2) is 60.8 Å². The molecular weight excluding hydrogens is 341 g/mol. The first kappa shape index (κ1) is 16.9. The number of anilines is 3. The summed E-state index contributed by atoms with van der Waals surface area (Å²) < 4.78 is 13.6. The maximum Gasteiger partial charge on any atom is 0.274 e. The van der Waals surface area contributed by atoms with E-state index in [1.807, 2.05) is 25.1 Å². The van der Waals surface area contributed by atoms with Gasteiger partial charge >= 0.3 is 0 Å². The number of hydrogen-bond acceptors (Lipinski definition) is 3. The highest BCUT2D eigenvalue weighted by atomic mass is 35.5. The van der Waals surface area contributed by atoms with Crippen LogP contribution in [0, 0.1) is 12.7 Å². The van der Waals surface area contributed by atoms with Gasteiger partial charge in [0.25, 0.3) is 5.91 Å². The highest BCUT2D eigenvalue weighted by Crippen LogP contribution is 2.26. The summed E-state index contributed by atoms with van der Waals surface area (Å²) in [4.78, 5) is 16.3. The largest absolute Gasteiger partial charge is 0.354 e. The van der Waals surface area contributed by atoms with E-state index in [-0.39, 0.29) is 11.4 Å². The second kappa shape index (κ2) is 7.32. The first-order chi connectivity index (χ1) is 12.0. The summed E-state index contributed by atoms with van der Waals surface area (Å²) in [6, 6.07) is 14.8. The van der Waals surface area contributed by atoms with Crippen LogP contribution in [0.25, 0.3) is 0 Å². The molecule has 25 heavy (non-hydrogen) atoms. The number of hydrogen-bond donors (Lipinski definition) is 2. The zero-order valence-electron chi connectivity index (χ0n) is 13.4. The van der Waals surface area contributed by atoms with E-state index in [2.05, 4.69) is 15.6 Å². The Kier molecular flexibility index (Phi) is 4.95. The lowest BCUT2D eigenvalue weighted by Crippen LogP contribution is -2.14. The first-order valence-electron chi connectivity index (χ1n) is 7.58. The van der Waals surface area contributed by atoms with E-state index in [0.29, 0.717) is 10.7 Å². The quantitative estimate of drug-likeness (QED) is 0.678. The van der Waals surface area contributed by atoms with Gasteiger partial charge in [-0.05, 0) is 48.9 Å². The van der Waals surface area contributed by atoms with Crippen molar-refractivity contribution in [2.45, 2.75) is 6.92 Å². The molecule has 0 aliphatic carbocycles. The monoisotopic (exact) mass is 355 g/mol. The van der Waals surface area contributed by atoms with Gasteiger partial charge in [0.05, 0.1) is 17.6 Å². The number of nitrogens with one attached hydrogen (secondary N) is 2. The fraction of sp³-hybridized carbons (Fsp3) is 0.0526. The minimum absolute atomic E-state index is 0.117. The molecule has 126 valence electrons. The van der Waals surface area contributed by atoms with Crippen molar-refractivity contribution in [1.82, 2.24) is 4.98 Å². The summed E-state index contributed by atoms with van der Waals surface area (Å²) in [5.41, 5.74) is 2.80. The Labute approximate surface area is 149 Å². The summed E-state index contributed by atoms with van der Waals surface area (Å²) in [6.07, 6.45) is 1.54. The topological polar surface area (TPSA) is 54.0 Å². The van der Waals surface area contributed by atoms with Crippen LogP contribution in [-0.2, 0) is 0 Å². The molecule has 3 aromatic rings. The van der Waals surface area contributed by atoms with Crippen LogP contribution in [0.1, 0.15) is 16.1 Å². The van der Waals surface area contributed by atoms with E-state index >= 15 is 0 Å². The lowest BCUT2D eigenvalue weighted by Gasteiger charge is -2.11. The molecule has 3 rings (SSSR count). The van der Waals surface area contributed by atoms with Gasteiger partial charge in [0.2, 0.25) is 0 Å². The van der Waals surface area contributed by atoms with Gasteiger partial charge in [-0.2, -0.15) is 0 Å². The molecule has 0 saturated heterocycles. The highest BCUT2D eigenvalue weighted by Gasteiger charge is 2.10. The number of carbonyl (C=O) groups excluding carboxylic acids is 1. The van der Waals surface area contributed by atoms with E-state index in [9.17, 15) is 9.18 Å². The number of rotatable bonds is 4. The summed E-state index contributed by atoms with van der Waals surface area (Å²) in [7, 11) is 0. The number of pyridine rings is 1. The molecule has 1 heterocycles. The SMILES string of the molecule is Cc1c(Cl)cccc1Nc1ccc(C(=O)Nc2ccccc2F)nc1. The summed E-state index contributed by atoms with van der Waals surface area (Å²) >= 11 is 6.10. The van der Waals surface area contributed by atoms with Crippen molar-refractivity contribution < 1.29 is 9.18 Å². The molecule has 1 amide bonds. The van der Waals surface area contributed by atoms with Crippen molar-refractivity contribution in [3.8, 4) is 0 Å². The van der Waals surface area contributed by atoms with E-state index in [1.165, 1.54) is 18.3 Å². The molecule has 0 aliphatic heterocycles. The van der Waals surface area contributed by atoms with Crippen molar-refractivity contribution >= 4 is 34.6 Å². The lowest BCUT2D eigenvalue weighted by molar-refractivity contribution is 0.102. The van der Waals surface area contributed by atoms with Crippen LogP contribution < -0.4 is 10.6 Å². The Bertz CT molecular complexity index is 913. The number of carbonyl (C=O) groups is 1. The van der Waals surface area contributed by atoms with Crippen LogP contribution in [0.3, 0.4) is 0 Å². The molecule has 6 heteroatoms. The minimum atomic E-state index is -0.495. The van der Waals surface area contributed by atoms with E-state index in [1.54, 1.807) is 24.3 Å². The predicted octanol–water partition coefficient (Wildman–Crippen LogP) is 5.18. The normalized spacial score (nSPS) is 10.4. The number of aromatic nitrogens is 1. The fourth-order valence-electron chi connectivity index (χ4n) is 2.25. The highest BCUT2D eigenvalue weighted by molar-refractivity contribution is 6.31. The summed E-state index contributed by atoms with van der Waals surface area (Å²) in [6.45, 7) is 1.91. The van der Waals surface area contributed by atoms with Crippen molar-refractivity contribution in [2.24, 2.45) is 0 Å². The summed E-state index contributed by atoms with van der Waals surface area (Å²) in [5.74, 6) is -0.971. The molecule has 0 fully saturated rings. The van der Waals surface area contributed by atoms with Crippen LogP contribution >= 0.6 is 11.6 Å². The maximum atomic E-state index is 13.6. The molecule has 0 spiro atoms. The van der Waals surface area contributed by atoms with Gasteiger partial charge in [-0.15, -0.1) is 0 Å². The van der Waals surface area contributed by atoms with E-state index < -0.39 is 11.7 Å². The molecule has 0 aliphatic rings. The van der Waals surface area contributed by atoms with Crippen molar-refractivity contribution in [1.29, 1.82) is 0 Å². The third kappa shape index (κ3) is 3.95. The summed E-state index contributed by atoms with van der Waals surface area (Å²) in [5, 5.41) is 6.36. The first-order valence-corrected chi connectivity index (χ1v) is 7.96. The van der Waals surface area contributed by atoms with E-state index in [4.69, 9.17) is 11.6 Å². The zero-order valence-corrected chi connectivity index (χ0v) is 14.1. The molecular formula is C19H15ClFN3O. The third-order valence-corrected chi connectivity index (χ3v) is 4.07. The Hall–Kier alpha value is -2.92. The van der Waals surface area contributed by atoms with Crippen LogP contribution in [-0.4, -0.2) is 10.9 Å². The molecule has 0 bridgehead atoms. The van der Waals surface area contributed by atoms with Gasteiger partial charge in [-0.3, -0.25) is 4.79 Å². The van der Waals surface area contributed by atoms with Crippen LogP contribution in [0.5, 0.6) is 0 Å². The molecule has 4 nitrogen and oxygen atoms in total. The minimum Gasteiger partial charge on any atom is -0.354 e. The maximum absolute atomic E-state index is 13.6. The molecule has 0 atom stereocenters. The third-order valence-electron chi connectivity index (χ3n) is 3.66. The average Bonchev–Trinajstić information content (AvgIpc) is 2.61. The zero-order chi connectivity index (χ0) is 17.8. The van der Waals surface area contributed by atoms with Gasteiger partial charge < -0.3 is 10.6 Å². The van der Waals surface area contributed by atoms with Crippen molar-refractivity contribution in [2.75, 3.05) is 10.6 Å². The molecule has 0 unspecified atom stereocenters. The standard InChI is InChI=1S/C19H15ClFN3O/c1-12-14(20)5-4-8-16(12)23-13-9-10-18(22-11-13)19(25)24-17-7-3-2-6-15(17)21/h2-11,23H,1H3,(H,24,25). The average molecular weight is 356 g/mol. The molecule has 0 saturated carbocycles. The van der Waals surface area contributed by atoms with Crippen LogP contribution in [0.2, 0.25) is 5.02 Å². The van der Waals surface area contributed by atoms with Crippen molar-refractivity contribution in [3.05, 3.63) is 82.9 Å². The second-order valence-electron chi connectivity index (χ2n) is 5.40. The Morgan fingerprint density at radius 2 is 1.80 bits per heavy atom. The smallest absolute Gasteiger partial charge is 0.274 e. The van der Waals surface area contributed by atoms with Crippen molar-refractivity contribution in [3.63, 3.8) is 0 Å². The molecule has 0 radical (unpaired) electrons. The lowest BCUT2D eigenvalue weighted by atomic mass is 10.2. The van der Waals surface area contributed by atoms with Gasteiger partial charge in [0.1, 0.15) is 11.5 Å². The number of amides is 1. The molecule has 2 aromatic carbocycles. The van der Waals surface area contributed by atoms with Gasteiger partial charge in [0, 0.05) is 10.7 Å². The van der Waals surface area contributed by atoms with Gasteiger partial charge in [-0.25, -0.2) is 9.37 Å². The van der Waals surface area contributed by atoms with E-state index in [0.717, 1.165) is 11.3 Å². The number of para-hydroxylation sites is 1. The Morgan fingerprint density at radius 3 is 2.52 bits per heavy atom. The fourth-order valence-corrected chi connectivity index (χ4v) is 2.42. The molecule has 2 N–H and O–H groups in total. The Balaban J connectivity index is 1.73. The Morgan fingerprint density at radius 1 is 1.04 bits per heavy atom. The number of benzene rings is 2. The van der Waals surface area contributed by atoms with Gasteiger partial charge in [-0.1, -0.05) is 29.8 Å². The van der Waals surface area contributed by atoms with Gasteiger partial charge in [0.15, 0.2) is 0 Å². The second-order valence-corrected chi connectivity index (χ2v) is 5.81. The number of halogens is 2. The molecule has 1 aromatic heterocycles. The predicted molar refractivity (Wildman–Crippen MR) is 98.1 cm³/mol. The van der Waals surface area contributed by atoms with Crippen LogP contribution in [0.4, 0.5) is 21.5 Å². The number of nitrogens with zero attached hydrogens (tertiary/aromatic N) is 1.